The average molecular weight is 368 g/mol. The number of aryl methyl sites for hydroxylation is 3. The SMILES string of the molecule is CCn1c(=O)n(CC)c2cc([N+](=O)[O-])c(NC(=O)c3ccc(C)cc3)cc21. The molecule has 0 radical (unpaired) electrons. The number of rotatable bonds is 5. The number of hydrogen-bond acceptors (Lipinski definition) is 4. The lowest BCUT2D eigenvalue weighted by atomic mass is 10.1. The van der Waals surface area contributed by atoms with Crippen molar-refractivity contribution in [3.05, 3.63) is 68.1 Å². The number of aromatic nitrogens is 2. The molecule has 0 bridgehead atoms. The van der Waals surface area contributed by atoms with Gasteiger partial charge >= 0.3 is 5.69 Å². The van der Waals surface area contributed by atoms with E-state index in [9.17, 15) is 19.7 Å². The van der Waals surface area contributed by atoms with Gasteiger partial charge in [-0.15, -0.1) is 0 Å². The number of nitro benzene ring substituents is 1. The fourth-order valence-corrected chi connectivity index (χ4v) is 3.11. The molecule has 2 aromatic carbocycles. The van der Waals surface area contributed by atoms with E-state index in [1.807, 2.05) is 13.8 Å². The van der Waals surface area contributed by atoms with Gasteiger partial charge in [0.15, 0.2) is 0 Å². The molecule has 0 saturated heterocycles. The van der Waals surface area contributed by atoms with Gasteiger partial charge in [0.05, 0.1) is 16.0 Å². The minimum absolute atomic E-state index is 0.0635. The Kier molecular flexibility index (Phi) is 4.81. The summed E-state index contributed by atoms with van der Waals surface area (Å²) in [5.41, 5.74) is 2.01. The molecule has 1 amide bonds. The zero-order chi connectivity index (χ0) is 19.7. The van der Waals surface area contributed by atoms with E-state index in [-0.39, 0.29) is 17.1 Å². The van der Waals surface area contributed by atoms with Crippen molar-refractivity contribution in [2.45, 2.75) is 33.9 Å². The van der Waals surface area contributed by atoms with Crippen molar-refractivity contribution in [3.8, 4) is 0 Å². The van der Waals surface area contributed by atoms with Crippen molar-refractivity contribution in [1.82, 2.24) is 9.13 Å². The first-order chi connectivity index (χ1) is 12.9. The number of nitro groups is 1. The Balaban J connectivity index is 2.15. The van der Waals surface area contributed by atoms with E-state index in [1.165, 1.54) is 21.3 Å². The molecule has 8 nitrogen and oxygen atoms in total. The minimum atomic E-state index is -0.558. The van der Waals surface area contributed by atoms with Crippen molar-refractivity contribution in [2.75, 3.05) is 5.32 Å². The highest BCUT2D eigenvalue weighted by Gasteiger charge is 2.22. The molecular formula is C19H20N4O4. The van der Waals surface area contributed by atoms with Gasteiger partial charge in [-0.1, -0.05) is 17.7 Å². The van der Waals surface area contributed by atoms with Crippen LogP contribution in [0.25, 0.3) is 11.0 Å². The second-order valence-corrected chi connectivity index (χ2v) is 6.21. The van der Waals surface area contributed by atoms with Crippen LogP contribution in [0.15, 0.2) is 41.2 Å². The number of benzene rings is 2. The van der Waals surface area contributed by atoms with Crippen molar-refractivity contribution in [3.63, 3.8) is 0 Å². The third-order valence-electron chi connectivity index (χ3n) is 4.53. The van der Waals surface area contributed by atoms with Crippen LogP contribution in [0, 0.1) is 17.0 Å². The summed E-state index contributed by atoms with van der Waals surface area (Å²) in [5, 5.41) is 14.2. The van der Waals surface area contributed by atoms with Crippen LogP contribution >= 0.6 is 0 Å². The third-order valence-corrected chi connectivity index (χ3v) is 4.53. The second-order valence-electron chi connectivity index (χ2n) is 6.21. The predicted molar refractivity (Wildman–Crippen MR) is 103 cm³/mol. The summed E-state index contributed by atoms with van der Waals surface area (Å²) in [4.78, 5) is 36.0. The Hall–Kier alpha value is -3.42. The van der Waals surface area contributed by atoms with E-state index in [4.69, 9.17) is 0 Å². The molecule has 0 unspecified atom stereocenters. The number of imidazole rings is 1. The van der Waals surface area contributed by atoms with Crippen LogP contribution in [0.4, 0.5) is 11.4 Å². The molecule has 1 aromatic heterocycles. The standard InChI is InChI=1S/C19H20N4O4/c1-4-21-16-10-14(20-18(24)13-8-6-12(3)7-9-13)15(23(26)27)11-17(16)22(5-2)19(21)25/h6-11H,4-5H2,1-3H3,(H,20,24). The second kappa shape index (κ2) is 7.06. The lowest BCUT2D eigenvalue weighted by Gasteiger charge is -2.08. The molecule has 140 valence electrons. The van der Waals surface area contributed by atoms with Crippen LogP contribution < -0.4 is 11.0 Å². The van der Waals surface area contributed by atoms with Gasteiger partial charge in [0.25, 0.3) is 11.6 Å². The quantitative estimate of drug-likeness (QED) is 0.551. The first kappa shape index (κ1) is 18.4. The minimum Gasteiger partial charge on any atom is -0.316 e. The third kappa shape index (κ3) is 3.21. The molecule has 3 aromatic rings. The van der Waals surface area contributed by atoms with E-state index >= 15 is 0 Å². The summed E-state index contributed by atoms with van der Waals surface area (Å²) >= 11 is 0. The Morgan fingerprint density at radius 2 is 1.63 bits per heavy atom. The van der Waals surface area contributed by atoms with Crippen LogP contribution in [0.1, 0.15) is 29.8 Å². The van der Waals surface area contributed by atoms with E-state index in [0.717, 1.165) is 5.56 Å². The van der Waals surface area contributed by atoms with Crippen molar-refractivity contribution >= 4 is 28.3 Å². The topological polar surface area (TPSA) is 99.2 Å². The van der Waals surface area contributed by atoms with Gasteiger partial charge in [0, 0.05) is 24.7 Å². The van der Waals surface area contributed by atoms with Crippen LogP contribution in [0.2, 0.25) is 0 Å². The van der Waals surface area contributed by atoms with Crippen LogP contribution in [0.3, 0.4) is 0 Å². The molecule has 0 saturated carbocycles. The fraction of sp³-hybridized carbons (Fsp3) is 0.263. The number of carbonyl (C=O) groups excluding carboxylic acids is 1. The van der Waals surface area contributed by atoms with Crippen molar-refractivity contribution in [1.29, 1.82) is 0 Å². The fourth-order valence-electron chi connectivity index (χ4n) is 3.11. The molecule has 0 atom stereocenters. The first-order valence-electron chi connectivity index (χ1n) is 8.66. The van der Waals surface area contributed by atoms with Crippen molar-refractivity contribution in [2.24, 2.45) is 0 Å². The van der Waals surface area contributed by atoms with E-state index < -0.39 is 10.8 Å². The zero-order valence-corrected chi connectivity index (χ0v) is 15.4. The predicted octanol–water partition coefficient (Wildman–Crippen LogP) is 3.31. The first-order valence-corrected chi connectivity index (χ1v) is 8.66. The maximum Gasteiger partial charge on any atom is 0.329 e. The molecule has 0 spiro atoms. The Bertz CT molecular complexity index is 1090. The van der Waals surface area contributed by atoms with Gasteiger partial charge < -0.3 is 5.32 Å². The molecule has 0 aliphatic heterocycles. The van der Waals surface area contributed by atoms with Crippen LogP contribution in [-0.2, 0) is 13.1 Å². The number of hydrogen-bond donors (Lipinski definition) is 1. The van der Waals surface area contributed by atoms with Gasteiger partial charge in [-0.3, -0.25) is 24.0 Å². The molecule has 0 fully saturated rings. The normalized spacial score (nSPS) is 10.9. The summed E-state index contributed by atoms with van der Waals surface area (Å²) in [5.74, 6) is -0.447. The summed E-state index contributed by atoms with van der Waals surface area (Å²) in [6.45, 7) is 6.36. The molecule has 3 rings (SSSR count). The maximum atomic E-state index is 12.5. The zero-order valence-electron chi connectivity index (χ0n) is 15.4. The van der Waals surface area contributed by atoms with E-state index in [1.54, 1.807) is 31.2 Å². The highest BCUT2D eigenvalue weighted by atomic mass is 16.6. The number of amides is 1. The molecule has 8 heteroatoms. The molecule has 27 heavy (non-hydrogen) atoms. The smallest absolute Gasteiger partial charge is 0.316 e. The number of carbonyl (C=O) groups is 1. The molecular weight excluding hydrogens is 348 g/mol. The Labute approximate surface area is 155 Å². The molecule has 1 N–H and O–H groups in total. The largest absolute Gasteiger partial charge is 0.329 e. The number of fused-ring (bicyclic) bond motifs is 1. The van der Waals surface area contributed by atoms with Gasteiger partial charge in [-0.05, 0) is 39.0 Å². The number of nitrogens with one attached hydrogen (secondary N) is 1. The summed E-state index contributed by atoms with van der Waals surface area (Å²) in [6, 6.07) is 9.74. The Morgan fingerprint density at radius 3 is 2.15 bits per heavy atom. The average Bonchev–Trinajstić information content (AvgIpc) is 2.90. The maximum absolute atomic E-state index is 12.5. The summed E-state index contributed by atoms with van der Waals surface area (Å²) < 4.78 is 3.02. The van der Waals surface area contributed by atoms with E-state index in [2.05, 4.69) is 5.32 Å². The molecule has 0 aliphatic rings. The summed E-state index contributed by atoms with van der Waals surface area (Å²) in [6.07, 6.45) is 0. The van der Waals surface area contributed by atoms with Crippen LogP contribution in [-0.4, -0.2) is 20.0 Å². The number of anilines is 1. The molecule has 1 heterocycles. The lowest BCUT2D eigenvalue weighted by molar-refractivity contribution is -0.383. The number of nitrogens with zero attached hydrogens (tertiary/aromatic N) is 3. The highest BCUT2D eigenvalue weighted by Crippen LogP contribution is 2.30. The van der Waals surface area contributed by atoms with Crippen LogP contribution in [0.5, 0.6) is 0 Å². The van der Waals surface area contributed by atoms with Gasteiger partial charge in [0.2, 0.25) is 0 Å². The van der Waals surface area contributed by atoms with Gasteiger partial charge in [0.1, 0.15) is 5.69 Å². The summed E-state index contributed by atoms with van der Waals surface area (Å²) in [7, 11) is 0. The lowest BCUT2D eigenvalue weighted by Crippen LogP contribution is -2.23. The highest BCUT2D eigenvalue weighted by molar-refractivity contribution is 6.06. The Morgan fingerprint density at radius 1 is 1.07 bits per heavy atom. The van der Waals surface area contributed by atoms with Crippen molar-refractivity contribution < 1.29 is 9.72 Å². The van der Waals surface area contributed by atoms with Gasteiger partial charge in [-0.25, -0.2) is 4.79 Å². The van der Waals surface area contributed by atoms with Gasteiger partial charge in [-0.2, -0.15) is 0 Å². The monoisotopic (exact) mass is 368 g/mol. The molecule has 0 aliphatic carbocycles. The van der Waals surface area contributed by atoms with E-state index in [0.29, 0.717) is 29.7 Å².